The van der Waals surface area contributed by atoms with Gasteiger partial charge in [-0.05, 0) is 61.1 Å². The van der Waals surface area contributed by atoms with Crippen LogP contribution in [0.1, 0.15) is 66.2 Å². The highest BCUT2D eigenvalue weighted by Gasteiger charge is 2.49. The molecule has 39 heavy (non-hydrogen) atoms. The maximum Gasteiger partial charge on any atom is 0.343 e. The zero-order valence-corrected chi connectivity index (χ0v) is 21.6. The minimum atomic E-state index is -2.24. The lowest BCUT2D eigenvalue weighted by atomic mass is 9.74. The summed E-state index contributed by atoms with van der Waals surface area (Å²) in [5.74, 6) is -2.53. The molecule has 200 valence electrons. The highest BCUT2D eigenvalue weighted by Crippen LogP contribution is 2.42. The minimum absolute atomic E-state index is 0.165. The summed E-state index contributed by atoms with van der Waals surface area (Å²) in [6.45, 7) is 0. The van der Waals surface area contributed by atoms with Crippen molar-refractivity contribution in [1.29, 1.82) is 0 Å². The Balaban J connectivity index is 1.56. The van der Waals surface area contributed by atoms with E-state index in [1.165, 1.54) is 24.3 Å². The number of carbonyl (C=O) groups excluding carboxylic acids is 2. The number of carbonyl (C=O) groups is 2. The van der Waals surface area contributed by atoms with Gasteiger partial charge < -0.3 is 9.84 Å². The number of ketones is 1. The van der Waals surface area contributed by atoms with Gasteiger partial charge >= 0.3 is 5.97 Å². The number of nitrogens with zero attached hydrogens (tertiary/aromatic N) is 2. The van der Waals surface area contributed by atoms with Gasteiger partial charge in [0.25, 0.3) is 0 Å². The molecule has 1 saturated carbocycles. The Morgan fingerprint density at radius 2 is 1.59 bits per heavy atom. The molecule has 0 aliphatic heterocycles. The van der Waals surface area contributed by atoms with E-state index in [-0.39, 0.29) is 29.7 Å². The van der Waals surface area contributed by atoms with Gasteiger partial charge in [0.1, 0.15) is 11.9 Å². The number of para-hydroxylation sites is 1. The van der Waals surface area contributed by atoms with Gasteiger partial charge in [0.2, 0.25) is 0 Å². The van der Waals surface area contributed by atoms with Crippen LogP contribution in [-0.2, 0) is 15.1 Å². The van der Waals surface area contributed by atoms with Gasteiger partial charge in [0, 0.05) is 30.4 Å². The smallest absolute Gasteiger partial charge is 0.343 e. The highest BCUT2D eigenvalue weighted by molar-refractivity contribution is 5.95. The van der Waals surface area contributed by atoms with E-state index in [1.807, 2.05) is 36.4 Å². The number of imidazole rings is 1. The third-order valence-corrected chi connectivity index (χ3v) is 7.44. The van der Waals surface area contributed by atoms with Gasteiger partial charge in [-0.1, -0.05) is 67.1 Å². The third-order valence-electron chi connectivity index (χ3n) is 7.44. The maximum atomic E-state index is 13.9. The maximum absolute atomic E-state index is 13.9. The number of aliphatic hydroxyl groups is 1. The molecule has 7 heteroatoms. The fraction of sp³-hybridized carbons (Fsp3) is 0.281. The first kappa shape index (κ1) is 26.5. The van der Waals surface area contributed by atoms with E-state index < -0.39 is 23.3 Å². The van der Waals surface area contributed by atoms with E-state index >= 15 is 0 Å². The fourth-order valence-electron chi connectivity index (χ4n) is 5.36. The number of aromatic nitrogens is 2. The average molecular weight is 527 g/mol. The van der Waals surface area contributed by atoms with Crippen LogP contribution in [-0.4, -0.2) is 32.5 Å². The molecule has 3 aromatic carbocycles. The zero-order chi connectivity index (χ0) is 27.2. The predicted molar refractivity (Wildman–Crippen MR) is 145 cm³/mol. The van der Waals surface area contributed by atoms with Crippen LogP contribution in [0.2, 0.25) is 0 Å². The fourth-order valence-corrected chi connectivity index (χ4v) is 5.36. The van der Waals surface area contributed by atoms with Crippen LogP contribution < -0.4 is 0 Å². The topological polar surface area (TPSA) is 81.4 Å². The van der Waals surface area contributed by atoms with Crippen LogP contribution in [0.5, 0.6) is 0 Å². The van der Waals surface area contributed by atoms with Crippen molar-refractivity contribution in [2.24, 2.45) is 0 Å². The molecule has 0 radical (unpaired) electrons. The van der Waals surface area contributed by atoms with E-state index in [4.69, 9.17) is 4.74 Å². The molecular formula is C32H31FN2O4. The average Bonchev–Trinajstić information content (AvgIpc) is 3.48. The van der Waals surface area contributed by atoms with Crippen LogP contribution in [0.15, 0.2) is 97.3 Å². The first-order valence-corrected chi connectivity index (χ1v) is 13.3. The summed E-state index contributed by atoms with van der Waals surface area (Å²) in [4.78, 5) is 32.0. The molecule has 1 fully saturated rings. The third kappa shape index (κ3) is 5.68. The van der Waals surface area contributed by atoms with Crippen molar-refractivity contribution in [3.63, 3.8) is 0 Å². The summed E-state index contributed by atoms with van der Waals surface area (Å²) in [5.41, 5.74) is -0.735. The number of hydrogen-bond donors (Lipinski definition) is 1. The van der Waals surface area contributed by atoms with E-state index in [1.54, 1.807) is 41.2 Å². The Bertz CT molecular complexity index is 1400. The van der Waals surface area contributed by atoms with E-state index in [9.17, 15) is 19.1 Å². The Kier molecular flexibility index (Phi) is 7.98. The number of rotatable bonds is 9. The van der Waals surface area contributed by atoms with Crippen molar-refractivity contribution in [1.82, 2.24) is 9.55 Å². The van der Waals surface area contributed by atoms with Crippen molar-refractivity contribution < 1.29 is 23.8 Å². The Morgan fingerprint density at radius 3 is 2.26 bits per heavy atom. The van der Waals surface area contributed by atoms with Gasteiger partial charge in [-0.2, -0.15) is 0 Å². The molecule has 0 spiro atoms. The van der Waals surface area contributed by atoms with Crippen molar-refractivity contribution in [3.05, 3.63) is 120 Å². The normalized spacial score (nSPS) is 16.3. The van der Waals surface area contributed by atoms with E-state index in [2.05, 4.69) is 4.98 Å². The molecule has 0 saturated heterocycles. The van der Waals surface area contributed by atoms with Crippen LogP contribution in [0.4, 0.5) is 4.39 Å². The molecule has 2 atom stereocenters. The number of halogens is 1. The van der Waals surface area contributed by atoms with Crippen LogP contribution in [0, 0.1) is 5.82 Å². The summed E-state index contributed by atoms with van der Waals surface area (Å²) in [5, 5.41) is 12.3. The summed E-state index contributed by atoms with van der Waals surface area (Å²) >= 11 is 0. The quantitative estimate of drug-likeness (QED) is 0.210. The molecule has 0 amide bonds. The second-order valence-corrected chi connectivity index (χ2v) is 9.99. The Morgan fingerprint density at radius 1 is 0.949 bits per heavy atom. The lowest BCUT2D eigenvalue weighted by Crippen LogP contribution is -2.45. The minimum Gasteiger partial charge on any atom is -0.460 e. The molecule has 1 aliphatic rings. The number of hydrogen-bond acceptors (Lipinski definition) is 5. The monoisotopic (exact) mass is 526 g/mol. The first-order chi connectivity index (χ1) is 19.0. The number of benzene rings is 3. The first-order valence-electron chi connectivity index (χ1n) is 13.3. The molecule has 1 aliphatic carbocycles. The zero-order valence-electron chi connectivity index (χ0n) is 21.6. The number of ether oxygens (including phenoxy) is 1. The molecule has 4 aromatic rings. The second-order valence-electron chi connectivity index (χ2n) is 9.99. The standard InChI is InChI=1S/C32H31FN2O4/c33-25-18-16-24(17-19-25)32(38,31(37)39-27-14-8-3-9-15-27)28(23-10-4-1-5-11-23)22-29(36)30-34-20-21-35(30)26-12-6-2-7-13-26/h1-2,4-7,10-13,16-21,27-28,38H,3,8-9,14-15,22H2/t28-,32-/m0/s1. The SMILES string of the molecule is O=C(C[C@@H](c1ccccc1)[C@](O)(C(=O)OC1CCCCC1)c1ccc(F)cc1)c1nccn1-c1ccccc1. The molecule has 6 nitrogen and oxygen atoms in total. The van der Waals surface area contributed by atoms with Gasteiger partial charge in [0.15, 0.2) is 17.2 Å². The summed E-state index contributed by atoms with van der Waals surface area (Å²) in [6.07, 6.45) is 7.08. The van der Waals surface area contributed by atoms with Crippen molar-refractivity contribution in [2.75, 3.05) is 0 Å². The predicted octanol–water partition coefficient (Wildman–Crippen LogP) is 6.13. The van der Waals surface area contributed by atoms with E-state index in [0.29, 0.717) is 18.4 Å². The summed E-state index contributed by atoms with van der Waals surface area (Å²) < 4.78 is 21.5. The molecule has 0 unspecified atom stereocenters. The number of Topliss-reactive ketones (excluding diaryl/α,β-unsaturated/α-hetero) is 1. The Labute approximate surface area is 227 Å². The van der Waals surface area contributed by atoms with E-state index in [0.717, 1.165) is 24.9 Å². The lowest BCUT2D eigenvalue weighted by molar-refractivity contribution is -0.177. The molecule has 0 bridgehead atoms. The van der Waals surface area contributed by atoms with Crippen LogP contribution in [0.3, 0.4) is 0 Å². The molecular weight excluding hydrogens is 495 g/mol. The van der Waals surface area contributed by atoms with Gasteiger partial charge in [0.05, 0.1) is 0 Å². The van der Waals surface area contributed by atoms with Crippen molar-refractivity contribution in [2.45, 2.75) is 56.1 Å². The Hall–Kier alpha value is -4.10. The van der Waals surface area contributed by atoms with Crippen molar-refractivity contribution >= 4 is 11.8 Å². The molecule has 5 rings (SSSR count). The van der Waals surface area contributed by atoms with Crippen LogP contribution in [0.25, 0.3) is 5.69 Å². The number of esters is 1. The van der Waals surface area contributed by atoms with Gasteiger partial charge in [-0.3, -0.25) is 9.36 Å². The van der Waals surface area contributed by atoms with Gasteiger partial charge in [-0.15, -0.1) is 0 Å². The molecule has 1 heterocycles. The highest BCUT2D eigenvalue weighted by atomic mass is 19.1. The lowest BCUT2D eigenvalue weighted by Gasteiger charge is -2.36. The second kappa shape index (κ2) is 11.7. The largest absolute Gasteiger partial charge is 0.460 e. The molecule has 1 N–H and O–H groups in total. The summed E-state index contributed by atoms with van der Waals surface area (Å²) in [6, 6.07) is 23.4. The van der Waals surface area contributed by atoms with Crippen molar-refractivity contribution in [3.8, 4) is 5.69 Å². The van der Waals surface area contributed by atoms with Crippen LogP contribution >= 0.6 is 0 Å². The molecule has 1 aromatic heterocycles. The summed E-state index contributed by atoms with van der Waals surface area (Å²) in [7, 11) is 0. The van der Waals surface area contributed by atoms with Gasteiger partial charge in [-0.25, -0.2) is 14.2 Å².